The van der Waals surface area contributed by atoms with Gasteiger partial charge in [0.05, 0.1) is 12.4 Å². The molecule has 7 nitrogen and oxygen atoms in total. The highest BCUT2D eigenvalue weighted by Gasteiger charge is 2.34. The number of aromatic amines is 2. The molecule has 0 radical (unpaired) electrons. The molecule has 1 aliphatic rings. The number of H-pyrrole nitrogens is 2. The van der Waals surface area contributed by atoms with Crippen molar-refractivity contribution in [2.45, 2.75) is 24.2 Å². The highest BCUT2D eigenvalue weighted by molar-refractivity contribution is 7.89. The fourth-order valence-corrected chi connectivity index (χ4v) is 3.89. The summed E-state index contributed by atoms with van der Waals surface area (Å²) in [6, 6.07) is 0. The fraction of sp³-hybridized carbons (Fsp3) is 0.455. The van der Waals surface area contributed by atoms with E-state index < -0.39 is 10.0 Å². The van der Waals surface area contributed by atoms with Crippen molar-refractivity contribution in [3.63, 3.8) is 0 Å². The molecule has 0 aromatic carbocycles. The predicted molar refractivity (Wildman–Crippen MR) is 68.0 cm³/mol. The second-order valence-electron chi connectivity index (χ2n) is 4.75. The van der Waals surface area contributed by atoms with Crippen LogP contribution in [0.5, 0.6) is 0 Å². The molecule has 8 heteroatoms. The summed E-state index contributed by atoms with van der Waals surface area (Å²) in [5.74, 6) is 0.184. The molecule has 2 aromatic heterocycles. The van der Waals surface area contributed by atoms with E-state index in [-0.39, 0.29) is 10.8 Å². The van der Waals surface area contributed by atoms with Gasteiger partial charge in [-0.05, 0) is 18.9 Å². The van der Waals surface area contributed by atoms with E-state index in [4.69, 9.17) is 0 Å². The van der Waals surface area contributed by atoms with E-state index in [2.05, 4.69) is 20.4 Å². The molecule has 102 valence electrons. The summed E-state index contributed by atoms with van der Waals surface area (Å²) in [7, 11) is -3.43. The molecule has 0 saturated carbocycles. The zero-order valence-corrected chi connectivity index (χ0v) is 11.3. The van der Waals surface area contributed by atoms with Gasteiger partial charge in [0.15, 0.2) is 0 Å². The van der Waals surface area contributed by atoms with E-state index in [9.17, 15) is 8.42 Å². The maximum absolute atomic E-state index is 12.3. The summed E-state index contributed by atoms with van der Waals surface area (Å²) in [6.07, 6.45) is 5.32. The quantitative estimate of drug-likeness (QED) is 0.862. The molecule has 1 saturated heterocycles. The Morgan fingerprint density at radius 2 is 2.21 bits per heavy atom. The molecular weight excluding hydrogens is 266 g/mol. The molecule has 3 heterocycles. The number of hydrogen-bond donors (Lipinski definition) is 2. The van der Waals surface area contributed by atoms with Gasteiger partial charge in [0.1, 0.15) is 4.90 Å². The van der Waals surface area contributed by atoms with E-state index in [0.29, 0.717) is 13.1 Å². The summed E-state index contributed by atoms with van der Waals surface area (Å²) < 4.78 is 26.2. The van der Waals surface area contributed by atoms with Crippen LogP contribution in [0.4, 0.5) is 0 Å². The maximum atomic E-state index is 12.3. The predicted octanol–water partition coefficient (Wildman–Crippen LogP) is 0.619. The third kappa shape index (κ3) is 2.06. The van der Waals surface area contributed by atoms with Crippen molar-refractivity contribution in [3.8, 4) is 0 Å². The van der Waals surface area contributed by atoms with Gasteiger partial charge < -0.3 is 0 Å². The van der Waals surface area contributed by atoms with Gasteiger partial charge >= 0.3 is 0 Å². The number of sulfonamides is 1. The summed E-state index contributed by atoms with van der Waals surface area (Å²) in [5, 5.41) is 13.2. The van der Waals surface area contributed by atoms with Gasteiger partial charge in [-0.15, -0.1) is 0 Å². The lowest BCUT2D eigenvalue weighted by atomic mass is 10.0. The Kier molecular flexibility index (Phi) is 2.90. The van der Waals surface area contributed by atoms with E-state index in [1.807, 2.05) is 6.92 Å². The van der Waals surface area contributed by atoms with E-state index >= 15 is 0 Å². The van der Waals surface area contributed by atoms with Crippen molar-refractivity contribution >= 4 is 10.0 Å². The van der Waals surface area contributed by atoms with Crippen molar-refractivity contribution < 1.29 is 8.42 Å². The minimum Gasteiger partial charge on any atom is -0.284 e. The molecular formula is C11H15N5O2S. The van der Waals surface area contributed by atoms with Gasteiger partial charge in [-0.1, -0.05) is 0 Å². The normalized spacial score (nSPS) is 21.0. The topological polar surface area (TPSA) is 94.7 Å². The van der Waals surface area contributed by atoms with Crippen LogP contribution in [0.3, 0.4) is 0 Å². The van der Waals surface area contributed by atoms with Crippen LogP contribution < -0.4 is 0 Å². The van der Waals surface area contributed by atoms with Gasteiger partial charge in [-0.25, -0.2) is 8.42 Å². The van der Waals surface area contributed by atoms with E-state index in [0.717, 1.165) is 17.7 Å². The first-order valence-electron chi connectivity index (χ1n) is 6.08. The molecule has 1 aliphatic heterocycles. The third-order valence-electron chi connectivity index (χ3n) is 3.54. The van der Waals surface area contributed by atoms with Crippen molar-refractivity contribution in [1.82, 2.24) is 24.7 Å². The Balaban J connectivity index is 1.82. The van der Waals surface area contributed by atoms with Crippen LogP contribution in [0.2, 0.25) is 0 Å². The SMILES string of the molecule is Cc1cn[nH]c1[C@@H]1CCN(S(=O)(=O)c2cn[nH]c2)C1. The van der Waals surface area contributed by atoms with Gasteiger partial charge in [-0.2, -0.15) is 14.5 Å². The van der Waals surface area contributed by atoms with Gasteiger partial charge in [0.25, 0.3) is 0 Å². The molecule has 2 aromatic rings. The number of aryl methyl sites for hydroxylation is 1. The molecule has 19 heavy (non-hydrogen) atoms. The van der Waals surface area contributed by atoms with Crippen LogP contribution in [0.15, 0.2) is 23.5 Å². The minimum atomic E-state index is -3.43. The molecule has 0 aliphatic carbocycles. The van der Waals surface area contributed by atoms with E-state index in [1.54, 1.807) is 6.20 Å². The number of aromatic nitrogens is 4. The van der Waals surface area contributed by atoms with Gasteiger partial charge in [0, 0.05) is 30.9 Å². The van der Waals surface area contributed by atoms with Crippen molar-refractivity contribution in [2.75, 3.05) is 13.1 Å². The maximum Gasteiger partial charge on any atom is 0.246 e. The lowest BCUT2D eigenvalue weighted by Gasteiger charge is -2.15. The van der Waals surface area contributed by atoms with Crippen molar-refractivity contribution in [3.05, 3.63) is 29.8 Å². The Hall–Kier alpha value is -1.67. The van der Waals surface area contributed by atoms with Crippen molar-refractivity contribution in [1.29, 1.82) is 0 Å². The molecule has 0 unspecified atom stereocenters. The Morgan fingerprint density at radius 3 is 2.84 bits per heavy atom. The van der Waals surface area contributed by atoms with Crippen LogP contribution in [-0.4, -0.2) is 46.2 Å². The van der Waals surface area contributed by atoms with Crippen LogP contribution in [0, 0.1) is 6.92 Å². The highest BCUT2D eigenvalue weighted by atomic mass is 32.2. The largest absolute Gasteiger partial charge is 0.284 e. The molecule has 1 fully saturated rings. The monoisotopic (exact) mass is 281 g/mol. The number of nitrogens with one attached hydrogen (secondary N) is 2. The summed E-state index contributed by atoms with van der Waals surface area (Å²) >= 11 is 0. The summed E-state index contributed by atoms with van der Waals surface area (Å²) in [5.41, 5.74) is 2.11. The smallest absolute Gasteiger partial charge is 0.246 e. The van der Waals surface area contributed by atoms with E-state index in [1.165, 1.54) is 16.7 Å². The second-order valence-corrected chi connectivity index (χ2v) is 6.69. The zero-order valence-electron chi connectivity index (χ0n) is 10.5. The molecule has 1 atom stereocenters. The third-order valence-corrected chi connectivity index (χ3v) is 5.37. The zero-order chi connectivity index (χ0) is 13.5. The lowest BCUT2D eigenvalue weighted by molar-refractivity contribution is 0.472. The lowest BCUT2D eigenvalue weighted by Crippen LogP contribution is -2.28. The summed E-state index contributed by atoms with van der Waals surface area (Å²) in [4.78, 5) is 0.217. The first-order chi connectivity index (χ1) is 9.09. The molecule has 0 bridgehead atoms. The minimum absolute atomic E-state index is 0.184. The van der Waals surface area contributed by atoms with Gasteiger partial charge in [0.2, 0.25) is 10.0 Å². The van der Waals surface area contributed by atoms with Crippen LogP contribution in [0.25, 0.3) is 0 Å². The van der Waals surface area contributed by atoms with Crippen LogP contribution in [0.1, 0.15) is 23.6 Å². The average molecular weight is 281 g/mol. The highest BCUT2D eigenvalue weighted by Crippen LogP contribution is 2.31. The standard InChI is InChI=1S/C11H15N5O2S/c1-8-4-14-15-11(8)9-2-3-16(7-9)19(17,18)10-5-12-13-6-10/h4-6,9H,2-3,7H2,1H3,(H,12,13)(H,14,15)/t9-/m1/s1. The first-order valence-corrected chi connectivity index (χ1v) is 7.52. The Labute approximate surface area is 111 Å². The number of hydrogen-bond acceptors (Lipinski definition) is 4. The second kappa shape index (κ2) is 4.46. The Morgan fingerprint density at radius 1 is 1.37 bits per heavy atom. The average Bonchev–Trinajstić information content (AvgIpc) is 3.10. The summed E-state index contributed by atoms with van der Waals surface area (Å²) in [6.45, 7) is 2.99. The molecule has 0 spiro atoms. The van der Waals surface area contributed by atoms with Crippen LogP contribution in [-0.2, 0) is 10.0 Å². The molecule has 2 N–H and O–H groups in total. The van der Waals surface area contributed by atoms with Crippen molar-refractivity contribution in [2.24, 2.45) is 0 Å². The molecule has 0 amide bonds. The molecule has 3 rings (SSSR count). The number of rotatable bonds is 3. The Bertz CT molecular complexity index is 661. The van der Waals surface area contributed by atoms with Gasteiger partial charge in [-0.3, -0.25) is 10.2 Å². The van der Waals surface area contributed by atoms with Crippen LogP contribution >= 0.6 is 0 Å². The first kappa shape index (κ1) is 12.4. The fourth-order valence-electron chi connectivity index (χ4n) is 2.48. The number of nitrogens with zero attached hydrogens (tertiary/aromatic N) is 3.